The second-order valence-corrected chi connectivity index (χ2v) is 4.46. The van der Waals surface area contributed by atoms with Crippen molar-refractivity contribution in [3.05, 3.63) is 0 Å². The van der Waals surface area contributed by atoms with Gasteiger partial charge in [-0.15, -0.1) is 0 Å². The monoisotopic (exact) mass is 234 g/mol. The molecule has 0 aliphatic carbocycles. The molecule has 0 radical (unpaired) electrons. The second kappa shape index (κ2) is 6.78. The van der Waals surface area contributed by atoms with Gasteiger partial charge in [0.05, 0.1) is 6.54 Å². The molecule has 1 heterocycles. The fourth-order valence-electron chi connectivity index (χ4n) is 2.14. The highest BCUT2D eigenvalue weighted by Gasteiger charge is 2.22. The number of carbonyl (C=O) groups is 1. The summed E-state index contributed by atoms with van der Waals surface area (Å²) in [6.07, 6.45) is 0.0439. The van der Waals surface area contributed by atoms with Crippen molar-refractivity contribution in [3.63, 3.8) is 0 Å². The van der Waals surface area contributed by atoms with Crippen molar-refractivity contribution in [3.8, 4) is 0 Å². The van der Waals surface area contributed by atoms with Crippen molar-refractivity contribution >= 4 is 5.91 Å². The third-order valence-corrected chi connectivity index (χ3v) is 3.15. The molecule has 1 saturated heterocycles. The zero-order valence-corrected chi connectivity index (χ0v) is 9.64. The van der Waals surface area contributed by atoms with Gasteiger partial charge in [-0.25, -0.2) is 8.78 Å². The lowest BCUT2D eigenvalue weighted by Crippen LogP contribution is -2.34. The summed E-state index contributed by atoms with van der Waals surface area (Å²) < 4.78 is 23.7. The molecule has 1 fully saturated rings. The minimum atomic E-state index is -2.46. The van der Waals surface area contributed by atoms with E-state index in [9.17, 15) is 13.6 Å². The molecule has 0 saturated carbocycles. The topological polar surface area (TPSA) is 41.1 Å². The van der Waals surface area contributed by atoms with Gasteiger partial charge >= 0.3 is 0 Å². The lowest BCUT2D eigenvalue weighted by atomic mass is 9.84. The summed E-state index contributed by atoms with van der Waals surface area (Å²) in [7, 11) is 0. The maximum absolute atomic E-state index is 11.9. The van der Waals surface area contributed by atoms with Gasteiger partial charge in [-0.1, -0.05) is 6.92 Å². The van der Waals surface area contributed by atoms with Crippen LogP contribution in [0.2, 0.25) is 0 Å². The zero-order valence-electron chi connectivity index (χ0n) is 9.64. The van der Waals surface area contributed by atoms with E-state index in [1.807, 2.05) is 6.92 Å². The molecule has 0 aromatic heterocycles. The predicted molar refractivity (Wildman–Crippen MR) is 58.4 cm³/mol. The Morgan fingerprint density at radius 2 is 2.06 bits per heavy atom. The first-order valence-corrected chi connectivity index (χ1v) is 5.85. The molecule has 0 aromatic rings. The van der Waals surface area contributed by atoms with Crippen LogP contribution in [0, 0.1) is 11.8 Å². The fourth-order valence-corrected chi connectivity index (χ4v) is 2.14. The molecule has 1 amide bonds. The van der Waals surface area contributed by atoms with Crippen LogP contribution in [0.15, 0.2) is 0 Å². The van der Waals surface area contributed by atoms with Crippen LogP contribution in [0.1, 0.15) is 26.2 Å². The summed E-state index contributed by atoms with van der Waals surface area (Å²) in [6.45, 7) is 3.48. The number of piperidine rings is 1. The predicted octanol–water partition coefficient (Wildman–Crippen LogP) is 1.39. The van der Waals surface area contributed by atoms with E-state index in [1.165, 1.54) is 0 Å². The average molecular weight is 234 g/mol. The van der Waals surface area contributed by atoms with Crippen LogP contribution in [0.25, 0.3) is 0 Å². The minimum absolute atomic E-state index is 0.258. The molecule has 0 spiro atoms. The van der Waals surface area contributed by atoms with Crippen molar-refractivity contribution in [2.45, 2.75) is 32.6 Å². The molecule has 1 rings (SSSR count). The number of rotatable bonds is 5. The summed E-state index contributed by atoms with van der Waals surface area (Å²) in [4.78, 5) is 11.3. The Balaban J connectivity index is 2.21. The fraction of sp³-hybridized carbons (Fsp3) is 0.909. The van der Waals surface area contributed by atoms with E-state index in [1.54, 1.807) is 0 Å². The summed E-state index contributed by atoms with van der Waals surface area (Å²) in [6, 6.07) is 0. The van der Waals surface area contributed by atoms with Gasteiger partial charge in [0.2, 0.25) is 5.91 Å². The normalized spacial score (nSPS) is 19.8. The molecular weight excluding hydrogens is 214 g/mol. The number of alkyl halides is 2. The van der Waals surface area contributed by atoms with Gasteiger partial charge in [0.25, 0.3) is 6.43 Å². The summed E-state index contributed by atoms with van der Waals surface area (Å²) in [5.41, 5.74) is 0. The van der Waals surface area contributed by atoms with Crippen molar-refractivity contribution < 1.29 is 13.6 Å². The molecule has 5 heteroatoms. The van der Waals surface area contributed by atoms with Crippen molar-refractivity contribution in [1.29, 1.82) is 0 Å². The van der Waals surface area contributed by atoms with Crippen LogP contribution in [-0.4, -0.2) is 32.0 Å². The molecule has 16 heavy (non-hydrogen) atoms. The summed E-state index contributed by atoms with van der Waals surface area (Å²) >= 11 is 0. The maximum atomic E-state index is 11.9. The Labute approximate surface area is 95.0 Å². The van der Waals surface area contributed by atoms with Crippen LogP contribution >= 0.6 is 0 Å². The zero-order chi connectivity index (χ0) is 12.0. The Kier molecular flexibility index (Phi) is 5.66. The lowest BCUT2D eigenvalue weighted by Gasteiger charge is -2.27. The first kappa shape index (κ1) is 13.4. The number of nitrogens with one attached hydrogen (secondary N) is 2. The van der Waals surface area contributed by atoms with Crippen LogP contribution < -0.4 is 10.6 Å². The Morgan fingerprint density at radius 3 is 2.62 bits per heavy atom. The summed E-state index contributed by atoms with van der Waals surface area (Å²) in [5.74, 6) is 0.560. The first-order valence-electron chi connectivity index (χ1n) is 5.85. The number of carbonyl (C=O) groups excluding carboxylic acids is 1. The third-order valence-electron chi connectivity index (χ3n) is 3.15. The van der Waals surface area contributed by atoms with Gasteiger partial charge in [-0.3, -0.25) is 4.79 Å². The highest BCUT2D eigenvalue weighted by molar-refractivity contribution is 5.76. The SMILES string of the molecule is CC(CC(=O)NCC(F)F)C1CCNCC1. The van der Waals surface area contributed by atoms with Gasteiger partial charge in [0, 0.05) is 6.42 Å². The molecule has 1 atom stereocenters. The van der Waals surface area contributed by atoms with Gasteiger partial charge < -0.3 is 10.6 Å². The Morgan fingerprint density at radius 1 is 1.44 bits per heavy atom. The van der Waals surface area contributed by atoms with Crippen molar-refractivity contribution in [2.24, 2.45) is 11.8 Å². The molecule has 94 valence electrons. The van der Waals surface area contributed by atoms with Crippen molar-refractivity contribution in [2.75, 3.05) is 19.6 Å². The van der Waals surface area contributed by atoms with Crippen LogP contribution in [0.4, 0.5) is 8.78 Å². The van der Waals surface area contributed by atoms with Crippen LogP contribution in [-0.2, 0) is 4.79 Å². The van der Waals surface area contributed by atoms with E-state index < -0.39 is 13.0 Å². The Bertz CT molecular complexity index is 218. The van der Waals surface area contributed by atoms with Crippen LogP contribution in [0.3, 0.4) is 0 Å². The van der Waals surface area contributed by atoms with Crippen molar-refractivity contribution in [1.82, 2.24) is 10.6 Å². The Hall–Kier alpha value is -0.710. The summed E-state index contributed by atoms with van der Waals surface area (Å²) in [5, 5.41) is 5.51. The third kappa shape index (κ3) is 4.88. The number of halogens is 2. The number of hydrogen-bond acceptors (Lipinski definition) is 2. The van der Waals surface area contributed by atoms with E-state index in [4.69, 9.17) is 0 Å². The first-order chi connectivity index (χ1) is 7.59. The molecular formula is C11H20F2N2O. The standard InChI is InChI=1S/C11H20F2N2O/c1-8(9-2-4-14-5-3-9)6-11(16)15-7-10(12)13/h8-10,14H,2-7H2,1H3,(H,15,16). The van der Waals surface area contributed by atoms with E-state index in [2.05, 4.69) is 10.6 Å². The molecule has 1 aliphatic rings. The largest absolute Gasteiger partial charge is 0.350 e. The molecule has 3 nitrogen and oxygen atoms in total. The van der Waals surface area contributed by atoms with E-state index >= 15 is 0 Å². The maximum Gasteiger partial charge on any atom is 0.255 e. The van der Waals surface area contributed by atoms with E-state index in [-0.39, 0.29) is 11.8 Å². The van der Waals surface area contributed by atoms with Crippen LogP contribution in [0.5, 0.6) is 0 Å². The number of amides is 1. The van der Waals surface area contributed by atoms with Gasteiger partial charge in [-0.05, 0) is 37.8 Å². The van der Waals surface area contributed by atoms with Gasteiger partial charge in [0.1, 0.15) is 0 Å². The van der Waals surface area contributed by atoms with E-state index in [0.29, 0.717) is 12.3 Å². The van der Waals surface area contributed by atoms with E-state index in [0.717, 1.165) is 25.9 Å². The molecule has 2 N–H and O–H groups in total. The lowest BCUT2D eigenvalue weighted by molar-refractivity contribution is -0.123. The van der Waals surface area contributed by atoms with Gasteiger partial charge in [-0.2, -0.15) is 0 Å². The quantitative estimate of drug-likeness (QED) is 0.755. The molecule has 1 unspecified atom stereocenters. The average Bonchev–Trinajstić information content (AvgIpc) is 2.27. The molecule has 1 aliphatic heterocycles. The molecule has 0 aromatic carbocycles. The van der Waals surface area contributed by atoms with Gasteiger partial charge in [0.15, 0.2) is 0 Å². The smallest absolute Gasteiger partial charge is 0.255 e. The highest BCUT2D eigenvalue weighted by Crippen LogP contribution is 2.23. The number of hydrogen-bond donors (Lipinski definition) is 2. The highest BCUT2D eigenvalue weighted by atomic mass is 19.3. The minimum Gasteiger partial charge on any atom is -0.350 e. The molecule has 0 bridgehead atoms. The second-order valence-electron chi connectivity index (χ2n) is 4.46.